The number of benzene rings is 1. The molecule has 0 spiro atoms. The number of rotatable bonds is 4. The van der Waals surface area contributed by atoms with Crippen LogP contribution in [-0.2, 0) is 6.54 Å². The van der Waals surface area contributed by atoms with Gasteiger partial charge in [0.25, 0.3) is 0 Å². The fourth-order valence-corrected chi connectivity index (χ4v) is 1.35. The average molecular weight is 230 g/mol. The Balaban J connectivity index is 2.17. The third-order valence-corrected chi connectivity index (χ3v) is 2.20. The predicted octanol–water partition coefficient (Wildman–Crippen LogP) is 0.625. The molecule has 1 heterocycles. The second kappa shape index (κ2) is 5.31. The van der Waals surface area contributed by atoms with Crippen LogP contribution in [0.2, 0.25) is 0 Å². The molecule has 0 bridgehead atoms. The fourth-order valence-electron chi connectivity index (χ4n) is 1.35. The van der Waals surface area contributed by atoms with Crippen LogP contribution in [-0.4, -0.2) is 26.9 Å². The molecular weight excluding hydrogens is 216 g/mol. The summed E-state index contributed by atoms with van der Waals surface area (Å²) in [6, 6.07) is 7.33. The Kier molecular flexibility index (Phi) is 3.56. The van der Waals surface area contributed by atoms with Gasteiger partial charge >= 0.3 is 0 Å². The molecule has 0 unspecified atom stereocenters. The maximum absolute atomic E-state index is 5.69. The van der Waals surface area contributed by atoms with Crippen molar-refractivity contribution in [3.8, 4) is 11.4 Å². The minimum absolute atomic E-state index is 0.484. The summed E-state index contributed by atoms with van der Waals surface area (Å²) in [5.41, 5.74) is 7.17. The minimum atomic E-state index is 0.484. The number of nitrogens with one attached hydrogen (secondary N) is 1. The highest BCUT2D eigenvalue weighted by Crippen LogP contribution is 2.15. The Morgan fingerprint density at radius 1 is 1.18 bits per heavy atom. The number of nitrogens with two attached hydrogens (primary N) is 1. The zero-order valence-corrected chi connectivity index (χ0v) is 9.59. The van der Waals surface area contributed by atoms with Gasteiger partial charge in [-0.05, 0) is 18.7 Å². The summed E-state index contributed by atoms with van der Waals surface area (Å²) in [5.74, 6) is 1.07. The van der Waals surface area contributed by atoms with Crippen LogP contribution in [0.4, 0.5) is 5.69 Å². The zero-order chi connectivity index (χ0) is 12.1. The summed E-state index contributed by atoms with van der Waals surface area (Å²) in [6.07, 6.45) is 0. The molecule has 0 saturated heterocycles. The van der Waals surface area contributed by atoms with Crippen LogP contribution >= 0.6 is 0 Å². The van der Waals surface area contributed by atoms with Crippen molar-refractivity contribution in [2.24, 2.45) is 0 Å². The molecule has 0 atom stereocenters. The normalized spacial score (nSPS) is 10.4. The van der Waals surface area contributed by atoms with Gasteiger partial charge < -0.3 is 11.1 Å². The quantitative estimate of drug-likeness (QED) is 0.748. The van der Waals surface area contributed by atoms with Gasteiger partial charge in [0.2, 0.25) is 5.82 Å². The van der Waals surface area contributed by atoms with E-state index in [1.165, 1.54) is 0 Å². The Labute approximate surface area is 99.3 Å². The first-order valence-corrected chi connectivity index (χ1v) is 5.42. The van der Waals surface area contributed by atoms with Crippen LogP contribution < -0.4 is 11.1 Å². The van der Waals surface area contributed by atoms with Crippen LogP contribution in [0.1, 0.15) is 12.7 Å². The van der Waals surface area contributed by atoms with Crippen molar-refractivity contribution in [2.75, 3.05) is 12.3 Å². The minimum Gasteiger partial charge on any atom is -0.399 e. The third kappa shape index (κ3) is 2.94. The van der Waals surface area contributed by atoms with Crippen molar-refractivity contribution in [1.82, 2.24) is 25.7 Å². The van der Waals surface area contributed by atoms with E-state index in [1.54, 1.807) is 6.07 Å². The largest absolute Gasteiger partial charge is 0.399 e. The molecule has 0 fully saturated rings. The number of hydrogen-bond acceptors (Lipinski definition) is 6. The highest BCUT2D eigenvalue weighted by molar-refractivity contribution is 5.59. The van der Waals surface area contributed by atoms with Gasteiger partial charge in [-0.25, -0.2) is 0 Å². The van der Waals surface area contributed by atoms with Crippen LogP contribution in [0.3, 0.4) is 0 Å². The molecular formula is C11H14N6. The highest BCUT2D eigenvalue weighted by Gasteiger charge is 2.04. The highest BCUT2D eigenvalue weighted by atomic mass is 15.3. The monoisotopic (exact) mass is 230 g/mol. The third-order valence-electron chi connectivity index (χ3n) is 2.20. The number of hydrogen-bond donors (Lipinski definition) is 2. The number of anilines is 1. The summed E-state index contributed by atoms with van der Waals surface area (Å²) in [6.45, 7) is 3.45. The number of nitrogen functional groups attached to an aromatic ring is 1. The number of aromatic nitrogens is 4. The predicted molar refractivity (Wildman–Crippen MR) is 64.9 cm³/mol. The first-order valence-electron chi connectivity index (χ1n) is 5.42. The lowest BCUT2D eigenvalue weighted by atomic mass is 10.2. The van der Waals surface area contributed by atoms with Gasteiger partial charge in [-0.2, -0.15) is 0 Å². The summed E-state index contributed by atoms with van der Waals surface area (Å²) in [5, 5.41) is 19.1. The van der Waals surface area contributed by atoms with Gasteiger partial charge in [-0.15, -0.1) is 20.4 Å². The molecule has 1 aromatic heterocycles. The maximum atomic E-state index is 5.69. The van der Waals surface area contributed by atoms with E-state index in [2.05, 4.69) is 25.7 Å². The summed E-state index contributed by atoms with van der Waals surface area (Å²) < 4.78 is 0. The molecule has 6 nitrogen and oxygen atoms in total. The molecule has 2 rings (SSSR count). The first kappa shape index (κ1) is 11.4. The molecule has 0 aliphatic carbocycles. The standard InChI is InChI=1S/C11H14N6/c1-2-13-7-10-14-16-11(17-15-10)8-4-3-5-9(12)6-8/h3-6,13H,2,7,12H2,1H3. The van der Waals surface area contributed by atoms with E-state index in [1.807, 2.05) is 25.1 Å². The summed E-state index contributed by atoms with van der Waals surface area (Å²) >= 11 is 0. The zero-order valence-electron chi connectivity index (χ0n) is 9.59. The average Bonchev–Trinajstić information content (AvgIpc) is 2.37. The van der Waals surface area contributed by atoms with Crippen molar-refractivity contribution >= 4 is 5.69 Å². The molecule has 2 aromatic rings. The summed E-state index contributed by atoms with van der Waals surface area (Å²) in [7, 11) is 0. The van der Waals surface area contributed by atoms with Gasteiger partial charge in [-0.1, -0.05) is 19.1 Å². The second-order valence-electron chi connectivity index (χ2n) is 3.55. The molecule has 0 aliphatic heterocycles. The molecule has 0 amide bonds. The molecule has 17 heavy (non-hydrogen) atoms. The van der Waals surface area contributed by atoms with E-state index in [4.69, 9.17) is 5.73 Å². The Bertz CT molecular complexity index is 482. The summed E-state index contributed by atoms with van der Waals surface area (Å²) in [4.78, 5) is 0. The lowest BCUT2D eigenvalue weighted by molar-refractivity contribution is 0.654. The number of nitrogens with zero attached hydrogens (tertiary/aromatic N) is 4. The SMILES string of the molecule is CCNCc1nnc(-c2cccc(N)c2)nn1. The Hall–Kier alpha value is -2.08. The van der Waals surface area contributed by atoms with Gasteiger partial charge in [0.15, 0.2) is 5.82 Å². The lowest BCUT2D eigenvalue weighted by Gasteiger charge is -2.01. The van der Waals surface area contributed by atoms with Crippen molar-refractivity contribution in [3.63, 3.8) is 0 Å². The van der Waals surface area contributed by atoms with E-state index in [0.29, 0.717) is 23.9 Å². The Morgan fingerprint density at radius 3 is 2.59 bits per heavy atom. The van der Waals surface area contributed by atoms with Crippen molar-refractivity contribution in [3.05, 3.63) is 30.1 Å². The molecule has 1 aromatic carbocycles. The van der Waals surface area contributed by atoms with Gasteiger partial charge in [0.1, 0.15) is 0 Å². The maximum Gasteiger partial charge on any atom is 0.203 e. The van der Waals surface area contributed by atoms with Crippen molar-refractivity contribution in [2.45, 2.75) is 13.5 Å². The van der Waals surface area contributed by atoms with Gasteiger partial charge in [0.05, 0.1) is 6.54 Å². The van der Waals surface area contributed by atoms with Crippen LogP contribution in [0.15, 0.2) is 24.3 Å². The van der Waals surface area contributed by atoms with Crippen molar-refractivity contribution < 1.29 is 0 Å². The van der Waals surface area contributed by atoms with Gasteiger partial charge in [-0.3, -0.25) is 0 Å². The second-order valence-corrected chi connectivity index (χ2v) is 3.55. The van der Waals surface area contributed by atoms with Crippen LogP contribution in [0.5, 0.6) is 0 Å². The molecule has 0 saturated carbocycles. The van der Waals surface area contributed by atoms with Gasteiger partial charge in [0, 0.05) is 11.3 Å². The molecule has 0 aliphatic rings. The van der Waals surface area contributed by atoms with E-state index in [0.717, 1.165) is 12.1 Å². The van der Waals surface area contributed by atoms with E-state index < -0.39 is 0 Å². The van der Waals surface area contributed by atoms with E-state index in [9.17, 15) is 0 Å². The molecule has 0 radical (unpaired) electrons. The van der Waals surface area contributed by atoms with Crippen LogP contribution in [0, 0.1) is 0 Å². The van der Waals surface area contributed by atoms with Crippen molar-refractivity contribution in [1.29, 1.82) is 0 Å². The Morgan fingerprint density at radius 2 is 1.94 bits per heavy atom. The lowest BCUT2D eigenvalue weighted by Crippen LogP contribution is -2.15. The first-order chi connectivity index (χ1) is 8.29. The molecule has 88 valence electrons. The topological polar surface area (TPSA) is 89.6 Å². The smallest absolute Gasteiger partial charge is 0.203 e. The molecule has 3 N–H and O–H groups in total. The fraction of sp³-hybridized carbons (Fsp3) is 0.273. The van der Waals surface area contributed by atoms with E-state index in [-0.39, 0.29) is 0 Å². The molecule has 6 heteroatoms. The van der Waals surface area contributed by atoms with E-state index >= 15 is 0 Å². The van der Waals surface area contributed by atoms with Crippen LogP contribution in [0.25, 0.3) is 11.4 Å².